The number of fused-ring (bicyclic) bond motifs is 3. The highest BCUT2D eigenvalue weighted by atomic mass is 32.2. The Labute approximate surface area is 280 Å². The molecule has 0 aromatic heterocycles. The molecule has 11 heteroatoms. The number of aromatic carboxylic acids is 1. The number of anilines is 1. The van der Waals surface area contributed by atoms with E-state index in [0.717, 1.165) is 27.7 Å². The van der Waals surface area contributed by atoms with Gasteiger partial charge in [0.05, 0.1) is 28.1 Å². The van der Waals surface area contributed by atoms with Crippen LogP contribution in [0, 0.1) is 12.8 Å². The molecule has 0 saturated carbocycles. The summed E-state index contributed by atoms with van der Waals surface area (Å²) < 4.78 is 35.8. The van der Waals surface area contributed by atoms with E-state index in [1.165, 1.54) is 4.31 Å². The number of carbonyl (C=O) groups is 2. The molecular weight excluding hydrogens is 630 g/mol. The van der Waals surface area contributed by atoms with Crippen molar-refractivity contribution in [2.75, 3.05) is 36.8 Å². The number of carboxylic acids is 2. The van der Waals surface area contributed by atoms with Gasteiger partial charge in [-0.1, -0.05) is 24.3 Å². The van der Waals surface area contributed by atoms with Gasteiger partial charge in [-0.3, -0.25) is 9.79 Å². The van der Waals surface area contributed by atoms with Gasteiger partial charge in [0, 0.05) is 66.1 Å². The summed E-state index contributed by atoms with van der Waals surface area (Å²) in [4.78, 5) is 30.9. The van der Waals surface area contributed by atoms with Crippen molar-refractivity contribution >= 4 is 44.2 Å². The summed E-state index contributed by atoms with van der Waals surface area (Å²) in [6, 6.07) is 14.6. The quantitative estimate of drug-likeness (QED) is 0.209. The molecule has 3 heterocycles. The number of aryl methyl sites for hydroxylation is 1. The third kappa shape index (κ3) is 5.90. The SMILES string of the molecule is CCN=c1cc2oc3cc4c(cc3c(-c3ccccc3C(=O)O)c-2cc1C)C(CS(=O)(=O)N1CCC(C(=O)O)CC1)=CC(C)(C)N4CC. The third-order valence-electron chi connectivity index (χ3n) is 9.62. The smallest absolute Gasteiger partial charge is 0.336 e. The van der Waals surface area contributed by atoms with Crippen molar-refractivity contribution in [2.45, 2.75) is 53.0 Å². The lowest BCUT2D eigenvalue weighted by atomic mass is 9.85. The first kappa shape index (κ1) is 33.4. The zero-order valence-electron chi connectivity index (χ0n) is 27.9. The summed E-state index contributed by atoms with van der Waals surface area (Å²) in [6.45, 7) is 11.6. The number of nitrogens with zero attached hydrogens (tertiary/aromatic N) is 3. The van der Waals surface area contributed by atoms with E-state index in [1.807, 2.05) is 71.0 Å². The number of sulfonamides is 1. The molecule has 1 fully saturated rings. The van der Waals surface area contributed by atoms with Crippen LogP contribution in [0.15, 0.2) is 64.0 Å². The fourth-order valence-electron chi connectivity index (χ4n) is 7.33. The molecule has 1 aliphatic carbocycles. The van der Waals surface area contributed by atoms with Gasteiger partial charge in [0.2, 0.25) is 10.0 Å². The van der Waals surface area contributed by atoms with Crippen molar-refractivity contribution in [3.63, 3.8) is 0 Å². The van der Waals surface area contributed by atoms with Crippen LogP contribution in [-0.2, 0) is 14.8 Å². The van der Waals surface area contributed by atoms with E-state index in [1.54, 1.807) is 18.2 Å². The zero-order valence-corrected chi connectivity index (χ0v) is 28.7. The maximum Gasteiger partial charge on any atom is 0.336 e. The summed E-state index contributed by atoms with van der Waals surface area (Å²) >= 11 is 0. The van der Waals surface area contributed by atoms with Gasteiger partial charge >= 0.3 is 11.9 Å². The summed E-state index contributed by atoms with van der Waals surface area (Å²) in [6.07, 6.45) is 2.55. The number of carboxylic acid groups (broad SMARTS) is 2. The molecule has 0 unspecified atom stereocenters. The molecule has 1 saturated heterocycles. The average molecular weight is 672 g/mol. The molecule has 3 aliphatic heterocycles. The Bertz CT molecular complexity index is 2120. The molecule has 0 bridgehead atoms. The topological polar surface area (TPSA) is 141 Å². The first-order valence-electron chi connectivity index (χ1n) is 16.3. The van der Waals surface area contributed by atoms with Gasteiger partial charge in [0.25, 0.3) is 0 Å². The lowest BCUT2D eigenvalue weighted by molar-refractivity contribution is -0.142. The van der Waals surface area contributed by atoms with Crippen molar-refractivity contribution in [1.29, 1.82) is 0 Å². The molecule has 0 amide bonds. The van der Waals surface area contributed by atoms with E-state index in [0.29, 0.717) is 46.5 Å². The highest BCUT2D eigenvalue weighted by Gasteiger charge is 2.37. The molecule has 10 nitrogen and oxygen atoms in total. The molecule has 2 aromatic rings. The minimum atomic E-state index is -3.79. The molecule has 2 N–H and O–H groups in total. The Hall–Kier alpha value is -4.48. The molecule has 0 atom stereocenters. The fourth-order valence-corrected chi connectivity index (χ4v) is 8.91. The molecule has 6 rings (SSSR count). The molecule has 2 aromatic carbocycles. The molecule has 0 spiro atoms. The number of likely N-dealkylation sites (N-methyl/N-ethyl adjacent to an activating group) is 1. The maximum absolute atomic E-state index is 13.9. The van der Waals surface area contributed by atoms with Gasteiger partial charge in [-0.15, -0.1) is 0 Å². The van der Waals surface area contributed by atoms with Crippen molar-refractivity contribution < 1.29 is 32.6 Å². The Balaban J connectivity index is 1.61. The second-order valence-corrected chi connectivity index (χ2v) is 15.1. The lowest BCUT2D eigenvalue weighted by Gasteiger charge is -2.43. The first-order chi connectivity index (χ1) is 22.8. The number of benzene rings is 3. The van der Waals surface area contributed by atoms with Crippen LogP contribution in [0.1, 0.15) is 62.0 Å². The molecule has 252 valence electrons. The number of hydrogen-bond acceptors (Lipinski definition) is 7. The van der Waals surface area contributed by atoms with Crippen LogP contribution in [0.5, 0.6) is 0 Å². The van der Waals surface area contributed by atoms with Crippen LogP contribution in [0.2, 0.25) is 0 Å². The van der Waals surface area contributed by atoms with Crippen LogP contribution >= 0.6 is 0 Å². The summed E-state index contributed by atoms with van der Waals surface area (Å²) in [5.41, 5.74) is 5.19. The van der Waals surface area contributed by atoms with Crippen molar-refractivity contribution in [3.8, 4) is 22.5 Å². The minimum absolute atomic E-state index is 0.142. The monoisotopic (exact) mass is 671 g/mol. The van der Waals surface area contributed by atoms with Gasteiger partial charge in [-0.2, -0.15) is 0 Å². The largest absolute Gasteiger partial charge is 0.481 e. The van der Waals surface area contributed by atoms with Crippen molar-refractivity contribution in [3.05, 3.63) is 76.7 Å². The van der Waals surface area contributed by atoms with Crippen LogP contribution in [0.4, 0.5) is 5.69 Å². The number of piperidine rings is 1. The summed E-state index contributed by atoms with van der Waals surface area (Å²) in [5, 5.41) is 21.1. The van der Waals surface area contributed by atoms with E-state index in [4.69, 9.17) is 4.42 Å². The van der Waals surface area contributed by atoms with Crippen LogP contribution in [-0.4, -0.2) is 72.3 Å². The van der Waals surface area contributed by atoms with E-state index in [2.05, 4.69) is 9.89 Å². The second kappa shape index (κ2) is 12.5. The molecular formula is C37H41N3O7S. The Morgan fingerprint density at radius 2 is 1.71 bits per heavy atom. The summed E-state index contributed by atoms with van der Waals surface area (Å²) in [5.74, 6) is -2.19. The van der Waals surface area contributed by atoms with E-state index in [-0.39, 0.29) is 37.2 Å². The van der Waals surface area contributed by atoms with E-state index < -0.39 is 33.4 Å². The number of aliphatic carboxylic acids is 1. The van der Waals surface area contributed by atoms with Gasteiger partial charge in [-0.25, -0.2) is 17.5 Å². The summed E-state index contributed by atoms with van der Waals surface area (Å²) in [7, 11) is -3.79. The fraction of sp³-hybridized carbons (Fsp3) is 0.378. The van der Waals surface area contributed by atoms with Crippen molar-refractivity contribution in [2.24, 2.45) is 10.9 Å². The normalized spacial score (nSPS) is 17.5. The minimum Gasteiger partial charge on any atom is -0.481 e. The molecule has 4 aliphatic rings. The Morgan fingerprint density at radius 1 is 1.00 bits per heavy atom. The third-order valence-corrected chi connectivity index (χ3v) is 11.4. The average Bonchev–Trinajstić information content (AvgIpc) is 3.03. The van der Waals surface area contributed by atoms with Gasteiger partial charge in [0.1, 0.15) is 11.3 Å². The zero-order chi connectivity index (χ0) is 34.5. The highest BCUT2D eigenvalue weighted by molar-refractivity contribution is 7.89. The van der Waals surface area contributed by atoms with Crippen LogP contribution in [0.25, 0.3) is 39.0 Å². The Morgan fingerprint density at radius 3 is 2.35 bits per heavy atom. The Kier molecular flexibility index (Phi) is 8.72. The first-order valence-corrected chi connectivity index (χ1v) is 18.0. The predicted octanol–water partition coefficient (Wildman–Crippen LogP) is 6.26. The standard InChI is InChI=1S/C37H41N3O7S/c1-6-38-30-18-32-28(16-22(30)3)34(25-10-8-9-11-26(25)36(43)44)29-17-27-24(20-37(4,5)40(7-2)31(27)19-33(29)47-32)21-48(45,46)39-14-12-23(13-15-39)35(41)42/h8-11,16-20,23H,6-7,12-15,21H2,1-5H3,(H,41,42)(H,43,44). The number of hydrogen-bond donors (Lipinski definition) is 2. The van der Waals surface area contributed by atoms with E-state index in [9.17, 15) is 28.2 Å². The molecule has 0 radical (unpaired) electrons. The lowest BCUT2D eigenvalue weighted by Crippen LogP contribution is -2.46. The van der Waals surface area contributed by atoms with Crippen LogP contribution < -0.4 is 10.3 Å². The van der Waals surface area contributed by atoms with Gasteiger partial charge < -0.3 is 19.5 Å². The van der Waals surface area contributed by atoms with E-state index >= 15 is 0 Å². The number of rotatable bonds is 8. The predicted molar refractivity (Wildman–Crippen MR) is 187 cm³/mol. The van der Waals surface area contributed by atoms with Crippen LogP contribution in [0.3, 0.4) is 0 Å². The van der Waals surface area contributed by atoms with Gasteiger partial charge in [0.15, 0.2) is 0 Å². The second-order valence-electron chi connectivity index (χ2n) is 13.1. The molecule has 48 heavy (non-hydrogen) atoms. The van der Waals surface area contributed by atoms with Crippen molar-refractivity contribution in [1.82, 2.24) is 4.31 Å². The maximum atomic E-state index is 13.9. The highest BCUT2D eigenvalue weighted by Crippen LogP contribution is 2.47. The van der Waals surface area contributed by atoms with Gasteiger partial charge in [-0.05, 0) is 82.4 Å².